The summed E-state index contributed by atoms with van der Waals surface area (Å²) in [6.07, 6.45) is 0. The molecule has 9 heteroatoms. The molecule has 0 aliphatic heterocycles. The summed E-state index contributed by atoms with van der Waals surface area (Å²) in [5.41, 5.74) is -0.251. The van der Waals surface area contributed by atoms with E-state index >= 15 is 0 Å². The Morgan fingerprint density at radius 2 is 1.75 bits per heavy atom. The molecule has 2 N–H and O–H groups in total. The van der Waals surface area contributed by atoms with Gasteiger partial charge in [0.15, 0.2) is 0 Å². The van der Waals surface area contributed by atoms with Gasteiger partial charge in [-0.1, -0.05) is 11.6 Å². The number of hydrogen-bond donors (Lipinski definition) is 2. The van der Waals surface area contributed by atoms with Gasteiger partial charge in [0, 0.05) is 11.1 Å². The van der Waals surface area contributed by atoms with Gasteiger partial charge in [-0.25, -0.2) is 17.2 Å². The van der Waals surface area contributed by atoms with E-state index in [0.29, 0.717) is 11.1 Å². The number of amides is 1. The quantitative estimate of drug-likeness (QED) is 0.845. The van der Waals surface area contributed by atoms with Crippen molar-refractivity contribution in [3.63, 3.8) is 0 Å². The van der Waals surface area contributed by atoms with Crippen molar-refractivity contribution in [1.29, 1.82) is 0 Å². The lowest BCUT2D eigenvalue weighted by atomic mass is 10.2. The number of anilines is 1. The van der Waals surface area contributed by atoms with Crippen LogP contribution in [-0.2, 0) is 14.8 Å². The SMILES string of the molecule is C[C@@H](NS(=O)(=O)c1ccc(Cl)cc1)C(=O)Nc1ccc(F)cc1F. The average molecular weight is 375 g/mol. The van der Waals surface area contributed by atoms with Crippen molar-refractivity contribution in [3.05, 3.63) is 59.1 Å². The molecule has 1 atom stereocenters. The lowest BCUT2D eigenvalue weighted by molar-refractivity contribution is -0.117. The highest BCUT2D eigenvalue weighted by Gasteiger charge is 2.22. The van der Waals surface area contributed by atoms with Gasteiger partial charge in [0.05, 0.1) is 16.6 Å². The monoisotopic (exact) mass is 374 g/mol. The first-order valence-electron chi connectivity index (χ1n) is 6.73. The van der Waals surface area contributed by atoms with Crippen LogP contribution < -0.4 is 10.0 Å². The molecule has 0 saturated heterocycles. The lowest BCUT2D eigenvalue weighted by Gasteiger charge is -2.15. The molecule has 1 amide bonds. The Balaban J connectivity index is 2.09. The van der Waals surface area contributed by atoms with Crippen molar-refractivity contribution in [2.45, 2.75) is 17.9 Å². The third-order valence-electron chi connectivity index (χ3n) is 3.04. The molecular formula is C15H13ClF2N2O3S. The zero-order chi connectivity index (χ0) is 17.9. The topological polar surface area (TPSA) is 75.3 Å². The molecular weight excluding hydrogens is 362 g/mol. The zero-order valence-corrected chi connectivity index (χ0v) is 14.0. The summed E-state index contributed by atoms with van der Waals surface area (Å²) in [5, 5.41) is 2.56. The van der Waals surface area contributed by atoms with Gasteiger partial charge < -0.3 is 5.32 Å². The lowest BCUT2D eigenvalue weighted by Crippen LogP contribution is -2.41. The van der Waals surface area contributed by atoms with Crippen LogP contribution in [0.25, 0.3) is 0 Å². The fraction of sp³-hybridized carbons (Fsp3) is 0.133. The first-order chi connectivity index (χ1) is 11.2. The standard InChI is InChI=1S/C15H13ClF2N2O3S/c1-9(15(21)19-14-7-4-11(17)8-13(14)18)20-24(22,23)12-5-2-10(16)3-6-12/h2-9,20H,1H3,(H,19,21)/t9-/m1/s1. The van der Waals surface area contributed by atoms with Crippen LogP contribution in [-0.4, -0.2) is 20.4 Å². The fourth-order valence-electron chi connectivity index (χ4n) is 1.80. The highest BCUT2D eigenvalue weighted by atomic mass is 35.5. The Morgan fingerprint density at radius 3 is 2.33 bits per heavy atom. The van der Waals surface area contributed by atoms with Gasteiger partial charge in [0.1, 0.15) is 11.6 Å². The van der Waals surface area contributed by atoms with Crippen molar-refractivity contribution in [2.75, 3.05) is 5.32 Å². The Bertz CT molecular complexity index is 858. The van der Waals surface area contributed by atoms with Crippen molar-refractivity contribution in [2.24, 2.45) is 0 Å². The molecule has 0 radical (unpaired) electrons. The van der Waals surface area contributed by atoms with Crippen LogP contribution in [0, 0.1) is 11.6 Å². The minimum Gasteiger partial charge on any atom is -0.322 e. The number of hydrogen-bond acceptors (Lipinski definition) is 3. The van der Waals surface area contributed by atoms with E-state index in [9.17, 15) is 22.0 Å². The molecule has 0 heterocycles. The largest absolute Gasteiger partial charge is 0.322 e. The van der Waals surface area contributed by atoms with E-state index in [2.05, 4.69) is 10.0 Å². The summed E-state index contributed by atoms with van der Waals surface area (Å²) in [7, 11) is -3.95. The second-order valence-corrected chi connectivity index (χ2v) is 7.06. The van der Waals surface area contributed by atoms with Crippen LogP contribution in [0.3, 0.4) is 0 Å². The third kappa shape index (κ3) is 4.50. The third-order valence-corrected chi connectivity index (χ3v) is 4.85. The number of nitrogens with one attached hydrogen (secondary N) is 2. The Hall–Kier alpha value is -2.03. The van der Waals surface area contributed by atoms with E-state index in [1.165, 1.54) is 31.2 Å². The summed E-state index contributed by atoms with van der Waals surface area (Å²) in [6, 6.07) is 6.81. The molecule has 0 saturated carbocycles. The molecule has 0 aliphatic rings. The molecule has 0 fully saturated rings. The smallest absolute Gasteiger partial charge is 0.242 e. The van der Waals surface area contributed by atoms with E-state index in [0.717, 1.165) is 12.1 Å². The molecule has 0 unspecified atom stereocenters. The Morgan fingerprint density at radius 1 is 1.12 bits per heavy atom. The molecule has 128 valence electrons. The number of rotatable bonds is 5. The van der Waals surface area contributed by atoms with Crippen LogP contribution in [0.2, 0.25) is 5.02 Å². The van der Waals surface area contributed by atoms with Crippen molar-refractivity contribution < 1.29 is 22.0 Å². The first-order valence-corrected chi connectivity index (χ1v) is 8.59. The van der Waals surface area contributed by atoms with Crippen LogP contribution in [0.5, 0.6) is 0 Å². The Kier molecular flexibility index (Phi) is 5.53. The van der Waals surface area contributed by atoms with Gasteiger partial charge in [-0.2, -0.15) is 4.72 Å². The van der Waals surface area contributed by atoms with Crippen molar-refractivity contribution >= 4 is 33.2 Å². The highest BCUT2D eigenvalue weighted by molar-refractivity contribution is 7.89. The summed E-state index contributed by atoms with van der Waals surface area (Å²) in [4.78, 5) is 11.9. The maximum atomic E-state index is 13.5. The molecule has 2 rings (SSSR count). The van der Waals surface area contributed by atoms with E-state index in [4.69, 9.17) is 11.6 Å². The summed E-state index contributed by atoms with van der Waals surface area (Å²) >= 11 is 5.69. The van der Waals surface area contributed by atoms with E-state index in [1.807, 2.05) is 0 Å². The highest BCUT2D eigenvalue weighted by Crippen LogP contribution is 2.16. The summed E-state index contributed by atoms with van der Waals surface area (Å²) < 4.78 is 52.8. The summed E-state index contributed by atoms with van der Waals surface area (Å²) in [5.74, 6) is -2.55. The van der Waals surface area contributed by atoms with Gasteiger partial charge in [-0.3, -0.25) is 4.79 Å². The summed E-state index contributed by atoms with van der Waals surface area (Å²) in [6.45, 7) is 1.30. The number of halogens is 3. The molecule has 24 heavy (non-hydrogen) atoms. The van der Waals surface area contributed by atoms with Gasteiger partial charge in [-0.05, 0) is 43.3 Å². The van der Waals surface area contributed by atoms with Gasteiger partial charge in [0.25, 0.3) is 0 Å². The van der Waals surface area contributed by atoms with Gasteiger partial charge in [-0.15, -0.1) is 0 Å². The van der Waals surface area contributed by atoms with E-state index in [1.54, 1.807) is 0 Å². The fourth-order valence-corrected chi connectivity index (χ4v) is 3.13. The maximum Gasteiger partial charge on any atom is 0.242 e. The van der Waals surface area contributed by atoms with E-state index < -0.39 is 33.6 Å². The minimum atomic E-state index is -3.95. The number of carbonyl (C=O) groups is 1. The van der Waals surface area contributed by atoms with Crippen LogP contribution in [0.1, 0.15) is 6.92 Å². The Labute approximate surface area is 142 Å². The molecule has 5 nitrogen and oxygen atoms in total. The molecule has 0 aromatic heterocycles. The molecule has 0 spiro atoms. The second kappa shape index (κ2) is 7.25. The van der Waals surface area contributed by atoms with Crippen molar-refractivity contribution in [1.82, 2.24) is 4.72 Å². The zero-order valence-electron chi connectivity index (χ0n) is 12.4. The molecule has 2 aromatic carbocycles. The van der Waals surface area contributed by atoms with Gasteiger partial charge >= 0.3 is 0 Å². The predicted molar refractivity (Wildman–Crippen MR) is 86.2 cm³/mol. The van der Waals surface area contributed by atoms with Crippen LogP contribution in [0.4, 0.5) is 14.5 Å². The van der Waals surface area contributed by atoms with Gasteiger partial charge in [0.2, 0.25) is 15.9 Å². The first kappa shape index (κ1) is 18.3. The number of sulfonamides is 1. The minimum absolute atomic E-state index is 0.0699. The van der Waals surface area contributed by atoms with Crippen LogP contribution in [0.15, 0.2) is 47.4 Å². The normalized spacial score (nSPS) is 12.7. The molecule has 0 bridgehead atoms. The molecule has 2 aromatic rings. The maximum absolute atomic E-state index is 13.5. The predicted octanol–water partition coefficient (Wildman–Crippen LogP) is 2.92. The average Bonchev–Trinajstić information content (AvgIpc) is 2.50. The number of carbonyl (C=O) groups excluding carboxylic acids is 1. The molecule has 0 aliphatic carbocycles. The van der Waals surface area contributed by atoms with Crippen molar-refractivity contribution in [3.8, 4) is 0 Å². The number of benzene rings is 2. The second-order valence-electron chi connectivity index (χ2n) is 4.91. The van der Waals surface area contributed by atoms with Crippen LogP contribution >= 0.6 is 11.6 Å². The van der Waals surface area contributed by atoms with E-state index in [-0.39, 0.29) is 10.6 Å².